The number of nitrogens with zero attached hydrogens (tertiary/aromatic N) is 1. The van der Waals surface area contributed by atoms with Gasteiger partial charge in [-0.05, 0) is 30.5 Å². The van der Waals surface area contributed by atoms with E-state index in [0.29, 0.717) is 23.9 Å². The Kier molecular flexibility index (Phi) is 4.50. The van der Waals surface area contributed by atoms with E-state index in [1.165, 1.54) is 4.31 Å². The topological polar surface area (TPSA) is 46.6 Å². The minimum atomic E-state index is -3.45. The van der Waals surface area contributed by atoms with Crippen LogP contribution in [0.2, 0.25) is 0 Å². The minimum absolute atomic E-state index is 0.00806. The molecule has 19 heavy (non-hydrogen) atoms. The first-order chi connectivity index (χ1) is 8.98. The van der Waals surface area contributed by atoms with Gasteiger partial charge in [-0.15, -0.1) is 11.6 Å². The van der Waals surface area contributed by atoms with Crippen molar-refractivity contribution in [3.05, 3.63) is 29.3 Å². The Morgan fingerprint density at radius 2 is 2.21 bits per heavy atom. The van der Waals surface area contributed by atoms with Gasteiger partial charge >= 0.3 is 0 Å². The standard InChI is InChI=1S/C13H18ClNO3S/c1-10-3-4-11(8-14)7-13(10)19(16,17)15-6-5-12(9-15)18-2/h3-4,7,12H,5-6,8-9H2,1-2H3. The van der Waals surface area contributed by atoms with Crippen LogP contribution in [0.25, 0.3) is 0 Å². The van der Waals surface area contributed by atoms with Crippen LogP contribution in [0, 0.1) is 6.92 Å². The molecule has 1 unspecified atom stereocenters. The molecule has 1 aliphatic heterocycles. The Morgan fingerprint density at radius 3 is 2.79 bits per heavy atom. The third-order valence-electron chi connectivity index (χ3n) is 3.47. The van der Waals surface area contributed by atoms with Gasteiger partial charge in [0.2, 0.25) is 10.0 Å². The van der Waals surface area contributed by atoms with Crippen molar-refractivity contribution in [3.63, 3.8) is 0 Å². The Morgan fingerprint density at radius 1 is 1.47 bits per heavy atom. The van der Waals surface area contributed by atoms with E-state index in [-0.39, 0.29) is 6.10 Å². The van der Waals surface area contributed by atoms with Crippen LogP contribution in [-0.4, -0.2) is 39.0 Å². The van der Waals surface area contributed by atoms with Crippen molar-refractivity contribution >= 4 is 21.6 Å². The highest BCUT2D eigenvalue weighted by atomic mass is 35.5. The smallest absolute Gasteiger partial charge is 0.243 e. The predicted molar refractivity (Wildman–Crippen MR) is 74.9 cm³/mol. The zero-order valence-electron chi connectivity index (χ0n) is 11.1. The quantitative estimate of drug-likeness (QED) is 0.801. The molecular weight excluding hydrogens is 286 g/mol. The molecule has 1 heterocycles. The molecule has 4 nitrogen and oxygen atoms in total. The molecule has 0 aliphatic carbocycles. The molecule has 0 spiro atoms. The summed E-state index contributed by atoms with van der Waals surface area (Å²) in [6.45, 7) is 2.73. The van der Waals surface area contributed by atoms with Crippen LogP contribution in [-0.2, 0) is 20.6 Å². The molecule has 1 aliphatic rings. The van der Waals surface area contributed by atoms with Gasteiger partial charge in [0.25, 0.3) is 0 Å². The number of ether oxygens (including phenoxy) is 1. The zero-order valence-corrected chi connectivity index (χ0v) is 12.7. The summed E-state index contributed by atoms with van der Waals surface area (Å²) >= 11 is 5.78. The number of hydrogen-bond acceptors (Lipinski definition) is 3. The van der Waals surface area contributed by atoms with Crippen molar-refractivity contribution in [1.82, 2.24) is 4.31 Å². The highest BCUT2D eigenvalue weighted by Gasteiger charge is 2.33. The number of aryl methyl sites for hydroxylation is 1. The molecule has 1 aromatic carbocycles. The minimum Gasteiger partial charge on any atom is -0.380 e. The Bertz CT molecular complexity index is 559. The van der Waals surface area contributed by atoms with Crippen LogP contribution in [0.1, 0.15) is 17.5 Å². The van der Waals surface area contributed by atoms with E-state index in [1.54, 1.807) is 26.2 Å². The average molecular weight is 304 g/mol. The summed E-state index contributed by atoms with van der Waals surface area (Å²) in [6, 6.07) is 5.32. The van der Waals surface area contributed by atoms with Gasteiger partial charge in [-0.3, -0.25) is 0 Å². The van der Waals surface area contributed by atoms with Crippen molar-refractivity contribution in [2.75, 3.05) is 20.2 Å². The van der Waals surface area contributed by atoms with E-state index in [4.69, 9.17) is 16.3 Å². The van der Waals surface area contributed by atoms with Gasteiger partial charge in [-0.1, -0.05) is 12.1 Å². The first-order valence-corrected chi connectivity index (χ1v) is 8.15. The molecule has 0 amide bonds. The molecule has 0 saturated carbocycles. The summed E-state index contributed by atoms with van der Waals surface area (Å²) in [5.41, 5.74) is 1.56. The maximum absolute atomic E-state index is 12.6. The summed E-state index contributed by atoms with van der Waals surface area (Å²) in [4.78, 5) is 0.349. The predicted octanol–water partition coefficient (Wildman–Crippen LogP) is 2.14. The van der Waals surface area contributed by atoms with E-state index in [1.807, 2.05) is 6.07 Å². The maximum Gasteiger partial charge on any atom is 0.243 e. The van der Waals surface area contributed by atoms with Gasteiger partial charge in [-0.2, -0.15) is 4.31 Å². The molecule has 1 aromatic rings. The van der Waals surface area contributed by atoms with Crippen LogP contribution >= 0.6 is 11.6 Å². The second-order valence-electron chi connectivity index (χ2n) is 4.74. The van der Waals surface area contributed by atoms with Crippen molar-refractivity contribution in [1.29, 1.82) is 0 Å². The van der Waals surface area contributed by atoms with Gasteiger partial charge in [-0.25, -0.2) is 8.42 Å². The van der Waals surface area contributed by atoms with Crippen molar-refractivity contribution in [3.8, 4) is 0 Å². The molecule has 0 N–H and O–H groups in total. The second kappa shape index (κ2) is 5.79. The van der Waals surface area contributed by atoms with Gasteiger partial charge in [0.1, 0.15) is 0 Å². The monoisotopic (exact) mass is 303 g/mol. The van der Waals surface area contributed by atoms with Gasteiger partial charge in [0.05, 0.1) is 11.0 Å². The molecule has 0 bridgehead atoms. The van der Waals surface area contributed by atoms with Gasteiger partial charge < -0.3 is 4.74 Å². The van der Waals surface area contributed by atoms with Crippen LogP contribution < -0.4 is 0 Å². The van der Waals surface area contributed by atoms with E-state index >= 15 is 0 Å². The fourth-order valence-electron chi connectivity index (χ4n) is 2.25. The summed E-state index contributed by atoms with van der Waals surface area (Å²) in [6.07, 6.45) is 0.732. The highest BCUT2D eigenvalue weighted by molar-refractivity contribution is 7.89. The van der Waals surface area contributed by atoms with Crippen LogP contribution in [0.4, 0.5) is 0 Å². The van der Waals surface area contributed by atoms with E-state index in [9.17, 15) is 8.42 Å². The zero-order chi connectivity index (χ0) is 14.0. The highest BCUT2D eigenvalue weighted by Crippen LogP contribution is 2.25. The normalized spacial score (nSPS) is 20.9. The van der Waals surface area contributed by atoms with Crippen LogP contribution in [0.15, 0.2) is 23.1 Å². The lowest BCUT2D eigenvalue weighted by atomic mass is 10.2. The SMILES string of the molecule is COC1CCN(S(=O)(=O)c2cc(CCl)ccc2C)C1. The summed E-state index contributed by atoms with van der Waals surface area (Å²) in [5.74, 6) is 0.309. The molecule has 2 rings (SSSR count). The van der Waals surface area contributed by atoms with Crippen molar-refractivity contribution in [2.24, 2.45) is 0 Å². The summed E-state index contributed by atoms with van der Waals surface area (Å²) in [7, 11) is -1.84. The van der Waals surface area contributed by atoms with E-state index in [0.717, 1.165) is 17.5 Å². The number of sulfonamides is 1. The fourth-order valence-corrected chi connectivity index (χ4v) is 4.18. The maximum atomic E-state index is 12.6. The Balaban J connectivity index is 2.34. The van der Waals surface area contributed by atoms with Gasteiger partial charge in [0.15, 0.2) is 0 Å². The first kappa shape index (κ1) is 14.8. The molecule has 6 heteroatoms. The number of hydrogen-bond donors (Lipinski definition) is 0. The molecule has 1 saturated heterocycles. The van der Waals surface area contributed by atoms with E-state index < -0.39 is 10.0 Å². The number of benzene rings is 1. The number of methoxy groups -OCH3 is 1. The summed E-state index contributed by atoms with van der Waals surface area (Å²) in [5, 5.41) is 0. The first-order valence-electron chi connectivity index (χ1n) is 6.17. The number of alkyl halides is 1. The Labute approximate surface area is 119 Å². The number of halogens is 1. The lowest BCUT2D eigenvalue weighted by molar-refractivity contribution is 0.115. The average Bonchev–Trinajstić information content (AvgIpc) is 2.88. The fraction of sp³-hybridized carbons (Fsp3) is 0.538. The van der Waals surface area contributed by atoms with Gasteiger partial charge in [0, 0.05) is 26.1 Å². The van der Waals surface area contributed by atoms with Crippen LogP contribution in [0.5, 0.6) is 0 Å². The molecule has 1 atom stereocenters. The second-order valence-corrected chi connectivity index (χ2v) is 6.92. The lowest BCUT2D eigenvalue weighted by Gasteiger charge is -2.18. The van der Waals surface area contributed by atoms with Crippen molar-refractivity contribution < 1.29 is 13.2 Å². The third kappa shape index (κ3) is 2.94. The van der Waals surface area contributed by atoms with Crippen LogP contribution in [0.3, 0.4) is 0 Å². The third-order valence-corrected chi connectivity index (χ3v) is 5.78. The molecule has 106 valence electrons. The molecule has 1 fully saturated rings. The molecule has 0 radical (unpaired) electrons. The van der Waals surface area contributed by atoms with Crippen molar-refractivity contribution in [2.45, 2.75) is 30.2 Å². The largest absolute Gasteiger partial charge is 0.380 e. The molecule has 0 aromatic heterocycles. The van der Waals surface area contributed by atoms with E-state index in [2.05, 4.69) is 0 Å². The number of rotatable bonds is 4. The molecular formula is C13H18ClNO3S. The lowest BCUT2D eigenvalue weighted by Crippen LogP contribution is -2.30. The Hall–Kier alpha value is -0.620. The summed E-state index contributed by atoms with van der Waals surface area (Å²) < 4.78 is 31.9.